The Morgan fingerprint density at radius 3 is 2.64 bits per heavy atom. The zero-order valence-electron chi connectivity index (χ0n) is 16.2. The van der Waals surface area contributed by atoms with Crippen molar-refractivity contribution in [1.29, 1.82) is 0 Å². The number of carbonyl (C=O) groups is 2. The van der Waals surface area contributed by atoms with Crippen LogP contribution < -0.4 is 25.4 Å². The van der Waals surface area contributed by atoms with E-state index in [9.17, 15) is 9.59 Å². The number of anilines is 3. The maximum atomic E-state index is 12.4. The summed E-state index contributed by atoms with van der Waals surface area (Å²) in [5.74, 6) is 1.41. The molecule has 1 aliphatic heterocycles. The Bertz CT molecular complexity index is 998. The summed E-state index contributed by atoms with van der Waals surface area (Å²) in [7, 11) is 3.12. The molecule has 4 rings (SSSR count). The zero-order chi connectivity index (χ0) is 20.0. The number of methoxy groups -OCH3 is 1. The van der Waals surface area contributed by atoms with E-state index in [0.717, 1.165) is 24.0 Å². The summed E-state index contributed by atoms with van der Waals surface area (Å²) in [6.45, 7) is 3.91. The van der Waals surface area contributed by atoms with Gasteiger partial charge in [-0.25, -0.2) is 4.98 Å². The fourth-order valence-electron chi connectivity index (χ4n) is 3.17. The van der Waals surface area contributed by atoms with Gasteiger partial charge < -0.3 is 25.4 Å². The van der Waals surface area contributed by atoms with E-state index in [1.165, 1.54) is 6.20 Å². The summed E-state index contributed by atoms with van der Waals surface area (Å²) in [6, 6.07) is 1.91. The Hall–Kier alpha value is -3.29. The van der Waals surface area contributed by atoms with Gasteiger partial charge in [0.05, 0.1) is 12.7 Å². The number of ether oxygens (including phenoxy) is 2. The Labute approximate surface area is 162 Å². The van der Waals surface area contributed by atoms with Gasteiger partial charge in [0.2, 0.25) is 5.91 Å². The van der Waals surface area contributed by atoms with Crippen LogP contribution in [0.5, 0.6) is 17.2 Å². The molecular formula is C20H22N4O4. The normalized spacial score (nSPS) is 14.1. The van der Waals surface area contributed by atoms with Gasteiger partial charge >= 0.3 is 0 Å². The number of nitrogens with one attached hydrogen (secondary N) is 3. The molecule has 0 spiro atoms. The minimum Gasteiger partial charge on any atom is -0.494 e. The third-order valence-corrected chi connectivity index (χ3v) is 5.12. The van der Waals surface area contributed by atoms with Crippen molar-refractivity contribution in [2.45, 2.75) is 26.7 Å². The van der Waals surface area contributed by atoms with Crippen LogP contribution in [0.4, 0.5) is 17.2 Å². The van der Waals surface area contributed by atoms with E-state index in [0.29, 0.717) is 34.2 Å². The fourth-order valence-corrected chi connectivity index (χ4v) is 3.17. The lowest BCUT2D eigenvalue weighted by Crippen LogP contribution is -2.22. The molecule has 2 aromatic rings. The molecule has 2 amide bonds. The van der Waals surface area contributed by atoms with Gasteiger partial charge in [0, 0.05) is 19.2 Å². The van der Waals surface area contributed by atoms with Crippen molar-refractivity contribution < 1.29 is 19.1 Å². The van der Waals surface area contributed by atoms with Gasteiger partial charge in [-0.3, -0.25) is 9.59 Å². The second-order valence-electron chi connectivity index (χ2n) is 7.02. The van der Waals surface area contributed by atoms with Gasteiger partial charge in [0.15, 0.2) is 17.3 Å². The van der Waals surface area contributed by atoms with Gasteiger partial charge in [-0.05, 0) is 43.9 Å². The average molecular weight is 382 g/mol. The molecule has 146 valence electrons. The third kappa shape index (κ3) is 2.90. The number of fused-ring (bicyclic) bond motifs is 2. The van der Waals surface area contributed by atoms with Crippen LogP contribution >= 0.6 is 0 Å². The molecule has 2 aliphatic rings. The number of amides is 2. The molecule has 28 heavy (non-hydrogen) atoms. The summed E-state index contributed by atoms with van der Waals surface area (Å²) < 4.78 is 11.7. The average Bonchev–Trinajstić information content (AvgIpc) is 3.54. The molecule has 8 heteroatoms. The second kappa shape index (κ2) is 6.70. The second-order valence-corrected chi connectivity index (χ2v) is 7.02. The van der Waals surface area contributed by atoms with Crippen LogP contribution in [-0.2, 0) is 4.79 Å². The largest absolute Gasteiger partial charge is 0.494 e. The van der Waals surface area contributed by atoms with Crippen molar-refractivity contribution in [2.24, 2.45) is 5.92 Å². The Balaban J connectivity index is 1.85. The van der Waals surface area contributed by atoms with E-state index in [1.807, 2.05) is 19.9 Å². The van der Waals surface area contributed by atoms with E-state index in [4.69, 9.17) is 9.47 Å². The first kappa shape index (κ1) is 18.1. The minimum atomic E-state index is -0.314. The summed E-state index contributed by atoms with van der Waals surface area (Å²) >= 11 is 0. The van der Waals surface area contributed by atoms with Crippen molar-refractivity contribution in [3.63, 3.8) is 0 Å². The molecule has 3 N–H and O–H groups in total. The number of carbonyl (C=O) groups excluding carboxylic acids is 2. The highest BCUT2D eigenvalue weighted by Crippen LogP contribution is 2.52. The standard InChI is InChI=1S/C20H22N4O4/c1-9-7-13(27-4)15-16(10(9)2)28-17-14(23-15)12(20(26)21-3)8-22-18(17)24-19(25)11-5-6-11/h7-8,11,23H,5-6H2,1-4H3,(H,21,26)(H,22,24,25). The highest BCUT2D eigenvalue weighted by molar-refractivity contribution is 6.05. The number of rotatable bonds is 4. The smallest absolute Gasteiger partial charge is 0.254 e. The van der Waals surface area contributed by atoms with Gasteiger partial charge in [-0.1, -0.05) is 0 Å². The Morgan fingerprint density at radius 1 is 1.25 bits per heavy atom. The maximum Gasteiger partial charge on any atom is 0.254 e. The number of aromatic nitrogens is 1. The summed E-state index contributed by atoms with van der Waals surface area (Å²) in [6.07, 6.45) is 3.18. The van der Waals surface area contributed by atoms with E-state index in [1.54, 1.807) is 14.2 Å². The van der Waals surface area contributed by atoms with Gasteiger partial charge in [-0.2, -0.15) is 0 Å². The molecule has 2 heterocycles. The summed E-state index contributed by atoms with van der Waals surface area (Å²) in [5.41, 5.74) is 3.31. The molecule has 1 aromatic heterocycles. The first-order chi connectivity index (χ1) is 13.4. The van der Waals surface area contributed by atoms with Crippen molar-refractivity contribution >= 4 is 29.0 Å². The molecule has 1 aromatic carbocycles. The Morgan fingerprint density at radius 2 is 2.00 bits per heavy atom. The van der Waals surface area contributed by atoms with Crippen LogP contribution in [0.2, 0.25) is 0 Å². The quantitative estimate of drug-likeness (QED) is 0.640. The molecule has 0 unspecified atom stereocenters. The highest BCUT2D eigenvalue weighted by atomic mass is 16.5. The number of aryl methyl sites for hydroxylation is 1. The van der Waals surface area contributed by atoms with Crippen LogP contribution in [-0.4, -0.2) is 31.0 Å². The molecule has 1 fully saturated rings. The van der Waals surface area contributed by atoms with Crippen LogP contribution in [0.3, 0.4) is 0 Å². The van der Waals surface area contributed by atoms with Crippen LogP contribution in [0, 0.1) is 19.8 Å². The number of hydrogen-bond donors (Lipinski definition) is 3. The number of benzene rings is 1. The minimum absolute atomic E-state index is 0.0176. The van der Waals surface area contributed by atoms with Crippen molar-refractivity contribution in [1.82, 2.24) is 10.3 Å². The first-order valence-corrected chi connectivity index (χ1v) is 9.13. The summed E-state index contributed by atoms with van der Waals surface area (Å²) in [5, 5.41) is 8.70. The van der Waals surface area contributed by atoms with Crippen molar-refractivity contribution in [2.75, 3.05) is 24.8 Å². The lowest BCUT2D eigenvalue weighted by molar-refractivity contribution is -0.117. The molecule has 1 aliphatic carbocycles. The molecule has 0 saturated heterocycles. The predicted octanol–water partition coefficient (Wildman–Crippen LogP) is 3.26. The summed E-state index contributed by atoms with van der Waals surface area (Å²) in [4.78, 5) is 28.9. The lowest BCUT2D eigenvalue weighted by Gasteiger charge is -2.28. The molecule has 0 bridgehead atoms. The number of hydrogen-bond acceptors (Lipinski definition) is 6. The molecule has 8 nitrogen and oxygen atoms in total. The lowest BCUT2D eigenvalue weighted by atomic mass is 10.0. The number of nitrogens with zero attached hydrogens (tertiary/aromatic N) is 1. The van der Waals surface area contributed by atoms with Gasteiger partial charge in [0.25, 0.3) is 5.91 Å². The van der Waals surface area contributed by atoms with Crippen molar-refractivity contribution in [3.05, 3.63) is 29.0 Å². The molecule has 0 atom stereocenters. The van der Waals surface area contributed by atoms with E-state index in [-0.39, 0.29) is 23.6 Å². The van der Waals surface area contributed by atoms with E-state index < -0.39 is 0 Å². The zero-order valence-corrected chi connectivity index (χ0v) is 16.2. The van der Waals surface area contributed by atoms with Gasteiger partial charge in [-0.15, -0.1) is 0 Å². The Kier molecular flexibility index (Phi) is 4.33. The van der Waals surface area contributed by atoms with Gasteiger partial charge in [0.1, 0.15) is 17.1 Å². The highest BCUT2D eigenvalue weighted by Gasteiger charge is 2.33. The van der Waals surface area contributed by atoms with E-state index >= 15 is 0 Å². The fraction of sp³-hybridized carbons (Fsp3) is 0.350. The maximum absolute atomic E-state index is 12.4. The molecule has 0 radical (unpaired) electrons. The first-order valence-electron chi connectivity index (χ1n) is 9.13. The van der Waals surface area contributed by atoms with Crippen LogP contribution in [0.15, 0.2) is 12.3 Å². The predicted molar refractivity (Wildman–Crippen MR) is 105 cm³/mol. The topological polar surface area (TPSA) is 102 Å². The number of pyridine rings is 1. The monoisotopic (exact) mass is 382 g/mol. The third-order valence-electron chi connectivity index (χ3n) is 5.12. The SMILES string of the molecule is CNC(=O)c1cnc(NC(=O)C2CC2)c2c1Nc1c(OC)cc(C)c(C)c1O2. The van der Waals surface area contributed by atoms with Crippen molar-refractivity contribution in [3.8, 4) is 17.2 Å². The van der Waals surface area contributed by atoms with Crippen LogP contribution in [0.1, 0.15) is 34.3 Å². The van der Waals surface area contributed by atoms with Crippen LogP contribution in [0.25, 0.3) is 0 Å². The van der Waals surface area contributed by atoms with E-state index in [2.05, 4.69) is 20.9 Å². The molecule has 1 saturated carbocycles. The molecular weight excluding hydrogens is 360 g/mol.